The predicted octanol–water partition coefficient (Wildman–Crippen LogP) is 7.71. The first-order chi connectivity index (χ1) is 12.5. The molecule has 0 N–H and O–H groups in total. The molecule has 3 rings (SSSR count). The van der Waals surface area contributed by atoms with Gasteiger partial charge < -0.3 is 4.74 Å². The Kier molecular flexibility index (Phi) is 7.02. The van der Waals surface area contributed by atoms with Gasteiger partial charge in [-0.1, -0.05) is 52.4 Å². The third-order valence-electron chi connectivity index (χ3n) is 7.45. The lowest BCUT2D eigenvalue weighted by atomic mass is 9.68. The Morgan fingerprint density at radius 3 is 2.15 bits per heavy atom. The zero-order chi connectivity index (χ0) is 18.6. The largest absolute Gasteiger partial charge is 0.437 e. The Morgan fingerprint density at radius 1 is 0.962 bits per heavy atom. The van der Waals surface area contributed by atoms with Gasteiger partial charge in [-0.25, -0.2) is 0 Å². The molecule has 2 saturated carbocycles. The maximum Gasteiger partial charge on any atom is 0.400 e. The van der Waals surface area contributed by atoms with E-state index in [-0.39, 0.29) is 5.92 Å². The van der Waals surface area contributed by atoms with Gasteiger partial charge in [0.2, 0.25) is 0 Å². The molecule has 0 spiro atoms. The average Bonchev–Trinajstić information content (AvgIpc) is 2.65. The van der Waals surface area contributed by atoms with Gasteiger partial charge in [0.05, 0.1) is 5.92 Å². The van der Waals surface area contributed by atoms with E-state index >= 15 is 0 Å². The van der Waals surface area contributed by atoms with Gasteiger partial charge in [0.15, 0.2) is 0 Å². The number of alkyl halides is 2. The smallest absolute Gasteiger partial charge is 0.400 e. The van der Waals surface area contributed by atoms with Crippen LogP contribution in [0.15, 0.2) is 11.8 Å². The maximum atomic E-state index is 13.9. The number of unbranched alkanes of at least 4 members (excludes halogenated alkanes) is 2. The van der Waals surface area contributed by atoms with Crippen molar-refractivity contribution in [2.24, 2.45) is 29.6 Å². The number of allylic oxidation sites excluding steroid dienone is 2. The van der Waals surface area contributed by atoms with Gasteiger partial charge >= 0.3 is 6.11 Å². The molecule has 1 atom stereocenters. The van der Waals surface area contributed by atoms with Gasteiger partial charge in [-0.3, -0.25) is 0 Å². The van der Waals surface area contributed by atoms with E-state index in [4.69, 9.17) is 4.74 Å². The zero-order valence-corrected chi connectivity index (χ0v) is 16.8. The third-order valence-corrected chi connectivity index (χ3v) is 7.45. The second-order valence-electron chi connectivity index (χ2n) is 9.30. The fraction of sp³-hybridized carbons (Fsp3) is 0.913. The van der Waals surface area contributed by atoms with Crippen molar-refractivity contribution in [2.75, 3.05) is 0 Å². The normalized spacial score (nSPS) is 37.7. The number of hydrogen-bond acceptors (Lipinski definition) is 1. The Hall–Kier alpha value is -0.600. The molecule has 0 amide bonds. The van der Waals surface area contributed by atoms with Crippen LogP contribution in [0.5, 0.6) is 0 Å². The van der Waals surface area contributed by atoms with Crippen molar-refractivity contribution in [1.29, 1.82) is 0 Å². The van der Waals surface area contributed by atoms with E-state index in [1.807, 2.05) is 6.08 Å². The molecule has 0 bridgehead atoms. The van der Waals surface area contributed by atoms with Crippen LogP contribution in [0.25, 0.3) is 0 Å². The van der Waals surface area contributed by atoms with Gasteiger partial charge in [0, 0.05) is 5.92 Å². The molecular weight excluding hydrogens is 330 g/mol. The van der Waals surface area contributed by atoms with E-state index in [1.165, 1.54) is 64.2 Å². The highest BCUT2D eigenvalue weighted by atomic mass is 19.3. The minimum absolute atomic E-state index is 0.231. The van der Waals surface area contributed by atoms with E-state index in [0.717, 1.165) is 30.6 Å². The Morgan fingerprint density at radius 2 is 1.58 bits per heavy atom. The second kappa shape index (κ2) is 9.06. The Labute approximate surface area is 159 Å². The number of hydrogen-bond donors (Lipinski definition) is 0. The lowest BCUT2D eigenvalue weighted by Gasteiger charge is -2.39. The molecule has 0 saturated heterocycles. The summed E-state index contributed by atoms with van der Waals surface area (Å²) in [6, 6.07) is 0. The van der Waals surface area contributed by atoms with Crippen LogP contribution in [-0.4, -0.2) is 6.11 Å². The summed E-state index contributed by atoms with van der Waals surface area (Å²) in [5.74, 6) is 2.81. The van der Waals surface area contributed by atoms with Crippen LogP contribution in [0.4, 0.5) is 8.78 Å². The number of rotatable bonds is 6. The molecule has 1 unspecified atom stereocenters. The Balaban J connectivity index is 1.41. The predicted molar refractivity (Wildman–Crippen MR) is 103 cm³/mol. The van der Waals surface area contributed by atoms with E-state index in [9.17, 15) is 8.78 Å². The zero-order valence-electron chi connectivity index (χ0n) is 16.8. The van der Waals surface area contributed by atoms with Crippen molar-refractivity contribution < 1.29 is 13.5 Å². The molecule has 1 heterocycles. The lowest BCUT2D eigenvalue weighted by molar-refractivity contribution is -0.257. The van der Waals surface area contributed by atoms with E-state index in [1.54, 1.807) is 6.92 Å². The maximum absolute atomic E-state index is 13.9. The molecule has 0 aromatic carbocycles. The molecular formula is C23H38F2O. The van der Waals surface area contributed by atoms with E-state index in [0.29, 0.717) is 12.2 Å². The summed E-state index contributed by atoms with van der Waals surface area (Å²) in [4.78, 5) is 0. The SMILES string of the molecule is CCCCCC1CCC(C2CCC(C3=CCC(C)C(F)(F)O3)CC2)CC1. The van der Waals surface area contributed by atoms with Crippen molar-refractivity contribution in [2.45, 2.75) is 103 Å². The average molecular weight is 369 g/mol. The molecule has 1 aliphatic heterocycles. The topological polar surface area (TPSA) is 9.23 Å². The standard InChI is InChI=1S/C23H38F2O/c1-3-4-5-6-18-8-10-19(11-9-18)20-12-14-21(15-13-20)22-16-7-17(2)23(24,25)26-22/h16-21H,3-15H2,1-2H3. The summed E-state index contributed by atoms with van der Waals surface area (Å²) in [7, 11) is 0. The molecule has 150 valence electrons. The van der Waals surface area contributed by atoms with E-state index in [2.05, 4.69) is 6.92 Å². The summed E-state index contributed by atoms with van der Waals surface area (Å²) in [5.41, 5.74) is 0. The van der Waals surface area contributed by atoms with Gasteiger partial charge in [-0.2, -0.15) is 8.78 Å². The summed E-state index contributed by atoms with van der Waals surface area (Å²) in [6.07, 6.45) is 15.1. The molecule has 1 nitrogen and oxygen atoms in total. The monoisotopic (exact) mass is 368 g/mol. The van der Waals surface area contributed by atoms with Crippen LogP contribution in [0.1, 0.15) is 97.3 Å². The minimum Gasteiger partial charge on any atom is -0.437 e. The van der Waals surface area contributed by atoms with Crippen molar-refractivity contribution in [3.05, 3.63) is 11.8 Å². The van der Waals surface area contributed by atoms with Gasteiger partial charge in [0.1, 0.15) is 5.76 Å². The molecule has 0 aromatic rings. The molecule has 0 radical (unpaired) electrons. The quantitative estimate of drug-likeness (QED) is 0.436. The fourth-order valence-corrected chi connectivity index (χ4v) is 5.49. The highest BCUT2D eigenvalue weighted by Gasteiger charge is 2.43. The molecule has 2 fully saturated rings. The van der Waals surface area contributed by atoms with Gasteiger partial charge in [-0.15, -0.1) is 0 Å². The van der Waals surface area contributed by atoms with Gasteiger partial charge in [-0.05, 0) is 68.8 Å². The van der Waals surface area contributed by atoms with Crippen LogP contribution >= 0.6 is 0 Å². The van der Waals surface area contributed by atoms with Crippen LogP contribution in [-0.2, 0) is 4.74 Å². The van der Waals surface area contributed by atoms with Crippen molar-refractivity contribution in [1.82, 2.24) is 0 Å². The molecule has 0 aromatic heterocycles. The molecule has 3 aliphatic rings. The highest BCUT2D eigenvalue weighted by molar-refractivity contribution is 5.06. The summed E-state index contributed by atoms with van der Waals surface area (Å²) < 4.78 is 32.8. The van der Waals surface area contributed by atoms with E-state index < -0.39 is 12.0 Å². The van der Waals surface area contributed by atoms with Gasteiger partial charge in [0.25, 0.3) is 0 Å². The first-order valence-corrected chi connectivity index (χ1v) is 11.3. The molecule has 26 heavy (non-hydrogen) atoms. The van der Waals surface area contributed by atoms with Crippen LogP contribution in [0.2, 0.25) is 0 Å². The number of halogens is 2. The first kappa shape index (κ1) is 20.1. The Bertz CT molecular complexity index is 457. The summed E-state index contributed by atoms with van der Waals surface area (Å²) in [5, 5.41) is 0. The van der Waals surface area contributed by atoms with Crippen molar-refractivity contribution in [3.63, 3.8) is 0 Å². The first-order valence-electron chi connectivity index (χ1n) is 11.3. The number of ether oxygens (including phenoxy) is 1. The molecule has 3 heteroatoms. The second-order valence-corrected chi connectivity index (χ2v) is 9.30. The summed E-state index contributed by atoms with van der Waals surface area (Å²) >= 11 is 0. The third kappa shape index (κ3) is 5.01. The fourth-order valence-electron chi connectivity index (χ4n) is 5.49. The summed E-state index contributed by atoms with van der Waals surface area (Å²) in [6.45, 7) is 3.85. The van der Waals surface area contributed by atoms with Crippen LogP contribution < -0.4 is 0 Å². The van der Waals surface area contributed by atoms with Crippen molar-refractivity contribution in [3.8, 4) is 0 Å². The minimum atomic E-state index is -2.98. The lowest BCUT2D eigenvalue weighted by Crippen LogP contribution is -2.35. The molecule has 2 aliphatic carbocycles. The van der Waals surface area contributed by atoms with Crippen LogP contribution in [0, 0.1) is 29.6 Å². The van der Waals surface area contributed by atoms with Crippen molar-refractivity contribution >= 4 is 0 Å². The highest BCUT2D eigenvalue weighted by Crippen LogP contribution is 2.46. The van der Waals surface area contributed by atoms with Crippen LogP contribution in [0.3, 0.4) is 0 Å².